The number of nitrogens with one attached hydrogen (secondary N) is 1. The van der Waals surface area contributed by atoms with Gasteiger partial charge in [-0.1, -0.05) is 36.4 Å². The van der Waals surface area contributed by atoms with E-state index in [9.17, 15) is 35.5 Å². The number of ether oxygens (including phenoxy) is 3. The van der Waals surface area contributed by atoms with E-state index < -0.39 is 49.0 Å². The molecular formula is C26H20F7NO4. The summed E-state index contributed by atoms with van der Waals surface area (Å²) < 4.78 is 103. The summed E-state index contributed by atoms with van der Waals surface area (Å²) in [5.74, 6) is -1.18. The first-order valence-electron chi connectivity index (χ1n) is 11.0. The molecule has 0 spiro atoms. The van der Waals surface area contributed by atoms with E-state index in [2.05, 4.69) is 26.9 Å². The maximum absolute atomic E-state index is 13.0. The molecule has 0 aliphatic heterocycles. The summed E-state index contributed by atoms with van der Waals surface area (Å²) in [6.07, 6.45) is -11.1. The minimum absolute atomic E-state index is 0.0352. The average molecular weight is 543 g/mol. The minimum Gasteiger partial charge on any atom is -0.447 e. The van der Waals surface area contributed by atoms with Gasteiger partial charge >= 0.3 is 18.8 Å². The molecule has 0 aliphatic rings. The van der Waals surface area contributed by atoms with E-state index in [0.717, 1.165) is 24.3 Å². The van der Waals surface area contributed by atoms with Gasteiger partial charge in [-0.25, -0.2) is 9.18 Å². The van der Waals surface area contributed by atoms with E-state index in [1.807, 2.05) is 0 Å². The Kier molecular flexibility index (Phi) is 8.93. The highest BCUT2D eigenvalue weighted by molar-refractivity contribution is 5.67. The molecule has 1 amide bonds. The summed E-state index contributed by atoms with van der Waals surface area (Å²) in [5, 5.41) is 2.44. The van der Waals surface area contributed by atoms with E-state index >= 15 is 0 Å². The van der Waals surface area contributed by atoms with E-state index in [4.69, 9.17) is 4.74 Å². The molecule has 0 saturated carbocycles. The highest BCUT2D eigenvalue weighted by atomic mass is 19.4. The van der Waals surface area contributed by atoms with Crippen molar-refractivity contribution in [2.75, 3.05) is 19.8 Å². The van der Waals surface area contributed by atoms with Gasteiger partial charge in [-0.3, -0.25) is 0 Å². The van der Waals surface area contributed by atoms with Gasteiger partial charge in [0.1, 0.15) is 24.8 Å². The number of rotatable bonds is 10. The number of halogens is 7. The second-order valence-electron chi connectivity index (χ2n) is 7.93. The molecule has 0 fully saturated rings. The Morgan fingerprint density at radius 2 is 1.42 bits per heavy atom. The summed E-state index contributed by atoms with van der Waals surface area (Å²) in [6, 6.07) is 19.8. The molecule has 0 aliphatic carbocycles. The van der Waals surface area contributed by atoms with Crippen molar-refractivity contribution in [1.82, 2.24) is 5.32 Å². The highest BCUT2D eigenvalue weighted by Crippen LogP contribution is 2.39. The van der Waals surface area contributed by atoms with Gasteiger partial charge in [0.2, 0.25) is 0 Å². The standard InChI is InChI=1S/C26H20F7NO4/c27-12-13-36-23(35)34-17-24(16-18-6-2-1-3-7-18,19-8-4-10-21(14-19)37-25(28,29)30)20-9-5-11-22(15-20)38-26(31,32)33/h2,4-11,14-15H,12-13,16-17H2,(H,34,35). The summed E-state index contributed by atoms with van der Waals surface area (Å²) in [5.41, 5.74) is -0.615. The number of alkyl carbamates (subject to hydrolysis) is 1. The molecule has 0 bridgehead atoms. The van der Waals surface area contributed by atoms with Crippen molar-refractivity contribution in [3.8, 4) is 11.5 Å². The fourth-order valence-corrected chi connectivity index (χ4v) is 3.86. The molecular weight excluding hydrogens is 523 g/mol. The molecule has 3 aromatic rings. The summed E-state index contributed by atoms with van der Waals surface area (Å²) in [6.45, 7) is -1.88. The molecule has 38 heavy (non-hydrogen) atoms. The lowest BCUT2D eigenvalue weighted by Crippen LogP contribution is -2.44. The minimum atomic E-state index is -5.01. The number of carbonyl (C=O) groups is 1. The molecule has 0 heterocycles. The third-order valence-corrected chi connectivity index (χ3v) is 5.31. The van der Waals surface area contributed by atoms with Crippen LogP contribution < -0.4 is 14.8 Å². The first-order chi connectivity index (χ1) is 17.9. The van der Waals surface area contributed by atoms with Crippen LogP contribution in [0.15, 0.2) is 66.7 Å². The van der Waals surface area contributed by atoms with Gasteiger partial charge in [-0.05, 0) is 65.6 Å². The summed E-state index contributed by atoms with van der Waals surface area (Å²) >= 11 is 0. The quantitative estimate of drug-likeness (QED) is 0.305. The molecule has 0 atom stereocenters. The third-order valence-electron chi connectivity index (χ3n) is 5.31. The van der Waals surface area contributed by atoms with Crippen LogP contribution in [0.4, 0.5) is 35.5 Å². The maximum atomic E-state index is 13.0. The molecule has 5 nitrogen and oxygen atoms in total. The van der Waals surface area contributed by atoms with Crippen LogP contribution in [0.5, 0.6) is 11.5 Å². The fourth-order valence-electron chi connectivity index (χ4n) is 3.86. The Hall–Kier alpha value is -4.14. The number of hydrogen-bond acceptors (Lipinski definition) is 4. The predicted molar refractivity (Wildman–Crippen MR) is 120 cm³/mol. The van der Waals surface area contributed by atoms with Crippen LogP contribution in [-0.4, -0.2) is 38.6 Å². The van der Waals surface area contributed by atoms with Crippen LogP contribution >= 0.6 is 0 Å². The number of carbonyl (C=O) groups excluding carboxylic acids is 1. The van der Waals surface area contributed by atoms with Gasteiger partial charge in [0.05, 0.1) is 0 Å². The number of alkyl halides is 7. The van der Waals surface area contributed by atoms with Gasteiger partial charge in [-0.2, -0.15) is 0 Å². The first kappa shape index (κ1) is 28.4. The van der Waals surface area contributed by atoms with Crippen molar-refractivity contribution in [3.05, 3.63) is 95.6 Å². The average Bonchev–Trinajstić information content (AvgIpc) is 2.84. The lowest BCUT2D eigenvalue weighted by molar-refractivity contribution is -0.275. The van der Waals surface area contributed by atoms with Crippen molar-refractivity contribution in [2.45, 2.75) is 24.6 Å². The van der Waals surface area contributed by atoms with Gasteiger partial charge in [0.25, 0.3) is 0 Å². The van der Waals surface area contributed by atoms with Crippen LogP contribution in [0.2, 0.25) is 0 Å². The van der Waals surface area contributed by atoms with Crippen molar-refractivity contribution >= 4 is 6.09 Å². The molecule has 3 rings (SSSR count). The number of benzene rings is 2. The lowest BCUT2D eigenvalue weighted by atomic mass is 9.70. The Morgan fingerprint density at radius 1 is 0.842 bits per heavy atom. The van der Waals surface area contributed by atoms with Gasteiger partial charge in [-0.15, -0.1) is 26.3 Å². The van der Waals surface area contributed by atoms with Gasteiger partial charge in [0.15, 0.2) is 0 Å². The van der Waals surface area contributed by atoms with Gasteiger partial charge < -0.3 is 19.5 Å². The molecule has 0 aromatic heterocycles. The second kappa shape index (κ2) is 11.9. The number of hydrogen-bond donors (Lipinski definition) is 1. The van der Waals surface area contributed by atoms with Gasteiger partial charge in [0, 0.05) is 12.0 Å². The SMILES string of the molecule is O=C(NCC(Cc1cc#ccc1)(c1cccc(OC(F)(F)F)c1)c1cccc(OC(F)(F)F)c1)OCCF. The largest absolute Gasteiger partial charge is 0.573 e. The van der Waals surface area contributed by atoms with E-state index in [1.54, 1.807) is 6.07 Å². The molecule has 0 radical (unpaired) electrons. The van der Waals surface area contributed by atoms with Crippen molar-refractivity contribution in [2.24, 2.45) is 0 Å². The van der Waals surface area contributed by atoms with Crippen LogP contribution in [0.25, 0.3) is 0 Å². The summed E-state index contributed by atoms with van der Waals surface area (Å²) in [4.78, 5) is 12.2. The monoisotopic (exact) mass is 543 g/mol. The van der Waals surface area contributed by atoms with Crippen molar-refractivity contribution < 1.29 is 49.7 Å². The van der Waals surface area contributed by atoms with Crippen molar-refractivity contribution in [3.63, 3.8) is 0 Å². The molecule has 12 heteroatoms. The molecule has 202 valence electrons. The highest BCUT2D eigenvalue weighted by Gasteiger charge is 2.38. The Morgan fingerprint density at radius 3 is 1.89 bits per heavy atom. The van der Waals surface area contributed by atoms with E-state index in [0.29, 0.717) is 5.56 Å². The summed E-state index contributed by atoms with van der Waals surface area (Å²) in [7, 11) is 0. The normalized spacial score (nSPS) is 11.9. The Bertz CT molecular complexity index is 1140. The predicted octanol–water partition coefficient (Wildman–Crippen LogP) is 6.31. The third kappa shape index (κ3) is 8.19. The molecule has 1 N–H and O–H groups in total. The van der Waals surface area contributed by atoms with Crippen LogP contribution in [0, 0.1) is 12.1 Å². The van der Waals surface area contributed by atoms with E-state index in [-0.39, 0.29) is 24.1 Å². The zero-order chi connectivity index (χ0) is 27.8. The Balaban J connectivity index is 2.19. The smallest absolute Gasteiger partial charge is 0.447 e. The lowest BCUT2D eigenvalue weighted by Gasteiger charge is -2.36. The maximum Gasteiger partial charge on any atom is 0.573 e. The van der Waals surface area contributed by atoms with Crippen LogP contribution in [0.3, 0.4) is 0 Å². The fraction of sp³-hybridized carbons (Fsp3) is 0.269. The zero-order valence-corrected chi connectivity index (χ0v) is 19.5. The van der Waals surface area contributed by atoms with Crippen LogP contribution in [-0.2, 0) is 16.6 Å². The second-order valence-corrected chi connectivity index (χ2v) is 7.93. The molecule has 0 saturated heterocycles. The molecule has 3 aromatic carbocycles. The van der Waals surface area contributed by atoms with E-state index in [1.165, 1.54) is 36.4 Å². The Labute approximate surface area is 213 Å². The number of amides is 1. The molecule has 0 unspecified atom stereocenters. The van der Waals surface area contributed by atoms with Crippen molar-refractivity contribution in [1.29, 1.82) is 0 Å². The van der Waals surface area contributed by atoms with Crippen LogP contribution in [0.1, 0.15) is 16.7 Å². The zero-order valence-electron chi connectivity index (χ0n) is 19.5. The topological polar surface area (TPSA) is 56.8 Å². The first-order valence-corrected chi connectivity index (χ1v) is 11.0.